The SMILES string of the molecule is CCCCCC(C)Nc1ccccc1-n1ccnc1. The van der Waals surface area contributed by atoms with Gasteiger partial charge < -0.3 is 9.88 Å². The number of hydrogen-bond donors (Lipinski definition) is 1. The molecule has 2 aromatic rings. The number of anilines is 1. The molecule has 0 aliphatic rings. The van der Waals surface area contributed by atoms with E-state index in [4.69, 9.17) is 0 Å². The quantitative estimate of drug-likeness (QED) is 0.751. The van der Waals surface area contributed by atoms with Gasteiger partial charge in [-0.2, -0.15) is 0 Å². The van der Waals surface area contributed by atoms with Gasteiger partial charge in [-0.3, -0.25) is 0 Å². The highest BCUT2D eigenvalue weighted by atomic mass is 15.1. The smallest absolute Gasteiger partial charge is 0.0992 e. The summed E-state index contributed by atoms with van der Waals surface area (Å²) in [5.41, 5.74) is 2.33. The summed E-state index contributed by atoms with van der Waals surface area (Å²) in [5, 5.41) is 3.61. The van der Waals surface area contributed by atoms with Gasteiger partial charge >= 0.3 is 0 Å². The van der Waals surface area contributed by atoms with Crippen LogP contribution in [-0.2, 0) is 0 Å². The minimum Gasteiger partial charge on any atom is -0.381 e. The van der Waals surface area contributed by atoms with E-state index in [9.17, 15) is 0 Å². The van der Waals surface area contributed by atoms with Crippen molar-refractivity contribution in [2.24, 2.45) is 0 Å². The molecule has 0 radical (unpaired) electrons. The van der Waals surface area contributed by atoms with Crippen LogP contribution in [0.2, 0.25) is 0 Å². The number of para-hydroxylation sites is 2. The second kappa shape index (κ2) is 6.98. The summed E-state index contributed by atoms with van der Waals surface area (Å²) in [6.07, 6.45) is 10.7. The summed E-state index contributed by atoms with van der Waals surface area (Å²) in [7, 11) is 0. The number of nitrogens with one attached hydrogen (secondary N) is 1. The van der Waals surface area contributed by atoms with E-state index in [0.717, 1.165) is 5.69 Å². The minimum atomic E-state index is 0.497. The molecule has 1 aromatic carbocycles. The van der Waals surface area contributed by atoms with Crippen LogP contribution in [0.5, 0.6) is 0 Å². The Kier molecular flexibility index (Phi) is 5.01. The van der Waals surface area contributed by atoms with E-state index in [1.165, 1.54) is 31.4 Å². The maximum Gasteiger partial charge on any atom is 0.0992 e. The molecule has 0 saturated heterocycles. The van der Waals surface area contributed by atoms with E-state index < -0.39 is 0 Å². The predicted molar refractivity (Wildman–Crippen MR) is 80.8 cm³/mol. The van der Waals surface area contributed by atoms with Gasteiger partial charge in [-0.1, -0.05) is 38.3 Å². The summed E-state index contributed by atoms with van der Waals surface area (Å²) in [5.74, 6) is 0. The zero-order chi connectivity index (χ0) is 13.5. The maximum atomic E-state index is 4.11. The number of nitrogens with zero attached hydrogens (tertiary/aromatic N) is 2. The molecule has 3 nitrogen and oxygen atoms in total. The summed E-state index contributed by atoms with van der Waals surface area (Å²) in [4.78, 5) is 4.11. The summed E-state index contributed by atoms with van der Waals surface area (Å²) in [6.45, 7) is 4.49. The Hall–Kier alpha value is -1.77. The zero-order valence-electron chi connectivity index (χ0n) is 11.8. The lowest BCUT2D eigenvalue weighted by Gasteiger charge is -2.18. The van der Waals surface area contributed by atoms with Gasteiger partial charge in [0.2, 0.25) is 0 Å². The fourth-order valence-electron chi connectivity index (χ4n) is 2.26. The van der Waals surface area contributed by atoms with Crippen LogP contribution in [0.1, 0.15) is 39.5 Å². The fraction of sp³-hybridized carbons (Fsp3) is 0.438. The average molecular weight is 257 g/mol. The third-order valence-corrected chi connectivity index (χ3v) is 3.33. The number of aromatic nitrogens is 2. The highest BCUT2D eigenvalue weighted by molar-refractivity contribution is 5.61. The summed E-state index contributed by atoms with van der Waals surface area (Å²) < 4.78 is 2.04. The molecule has 1 heterocycles. The number of benzene rings is 1. The maximum absolute atomic E-state index is 4.11. The first-order valence-electron chi connectivity index (χ1n) is 7.15. The van der Waals surface area contributed by atoms with Crippen LogP contribution in [0.25, 0.3) is 5.69 Å². The Morgan fingerprint density at radius 2 is 2.11 bits per heavy atom. The molecule has 3 heteroatoms. The molecule has 1 N–H and O–H groups in total. The Bertz CT molecular complexity index is 476. The van der Waals surface area contributed by atoms with E-state index in [1.54, 1.807) is 0 Å². The van der Waals surface area contributed by atoms with Crippen LogP contribution in [0.3, 0.4) is 0 Å². The Morgan fingerprint density at radius 3 is 2.84 bits per heavy atom. The Labute approximate surface area is 115 Å². The largest absolute Gasteiger partial charge is 0.381 e. The van der Waals surface area contributed by atoms with E-state index in [2.05, 4.69) is 48.4 Å². The topological polar surface area (TPSA) is 29.9 Å². The summed E-state index contributed by atoms with van der Waals surface area (Å²) in [6, 6.07) is 8.87. The molecule has 1 atom stereocenters. The number of unbranched alkanes of at least 4 members (excludes halogenated alkanes) is 2. The molecular formula is C16H23N3. The molecule has 0 fully saturated rings. The molecule has 0 aliphatic heterocycles. The van der Waals surface area contributed by atoms with Gasteiger partial charge in [-0.25, -0.2) is 4.98 Å². The molecule has 1 unspecified atom stereocenters. The summed E-state index contributed by atoms with van der Waals surface area (Å²) >= 11 is 0. The lowest BCUT2D eigenvalue weighted by Crippen LogP contribution is -2.16. The van der Waals surface area contributed by atoms with Crippen molar-refractivity contribution in [3.8, 4) is 5.69 Å². The van der Waals surface area contributed by atoms with Crippen molar-refractivity contribution in [1.29, 1.82) is 0 Å². The van der Waals surface area contributed by atoms with Gasteiger partial charge in [0.05, 0.1) is 17.7 Å². The second-order valence-electron chi connectivity index (χ2n) is 5.03. The van der Waals surface area contributed by atoms with Crippen molar-refractivity contribution in [1.82, 2.24) is 9.55 Å². The first-order chi connectivity index (χ1) is 9.31. The van der Waals surface area contributed by atoms with Crippen molar-refractivity contribution >= 4 is 5.69 Å². The van der Waals surface area contributed by atoms with E-state index in [0.29, 0.717) is 6.04 Å². The first-order valence-corrected chi connectivity index (χ1v) is 7.15. The van der Waals surface area contributed by atoms with Gasteiger partial charge in [-0.15, -0.1) is 0 Å². The standard InChI is InChI=1S/C16H23N3/c1-3-4-5-8-14(2)18-15-9-6-7-10-16(15)19-12-11-17-13-19/h6-7,9-14,18H,3-5,8H2,1-2H3. The fourth-order valence-corrected chi connectivity index (χ4v) is 2.26. The van der Waals surface area contributed by atoms with Crippen molar-refractivity contribution in [2.75, 3.05) is 5.32 Å². The van der Waals surface area contributed by atoms with Gasteiger partial charge in [-0.05, 0) is 25.5 Å². The Morgan fingerprint density at radius 1 is 1.26 bits per heavy atom. The first kappa shape index (κ1) is 13.7. The third kappa shape index (κ3) is 3.85. The van der Waals surface area contributed by atoms with Crippen LogP contribution in [-0.4, -0.2) is 15.6 Å². The van der Waals surface area contributed by atoms with Crippen LogP contribution < -0.4 is 5.32 Å². The lowest BCUT2D eigenvalue weighted by atomic mass is 10.1. The highest BCUT2D eigenvalue weighted by Crippen LogP contribution is 2.21. The van der Waals surface area contributed by atoms with E-state index >= 15 is 0 Å². The molecule has 0 saturated carbocycles. The van der Waals surface area contributed by atoms with E-state index in [1.807, 2.05) is 23.3 Å². The zero-order valence-corrected chi connectivity index (χ0v) is 11.8. The molecule has 19 heavy (non-hydrogen) atoms. The lowest BCUT2D eigenvalue weighted by molar-refractivity contribution is 0.615. The average Bonchev–Trinajstić information content (AvgIpc) is 2.93. The minimum absolute atomic E-state index is 0.497. The van der Waals surface area contributed by atoms with Crippen molar-refractivity contribution in [3.63, 3.8) is 0 Å². The normalized spacial score (nSPS) is 12.3. The molecule has 0 aliphatic carbocycles. The monoisotopic (exact) mass is 257 g/mol. The highest BCUT2D eigenvalue weighted by Gasteiger charge is 2.06. The van der Waals surface area contributed by atoms with Gasteiger partial charge in [0.25, 0.3) is 0 Å². The Balaban J connectivity index is 2.04. The molecular weight excluding hydrogens is 234 g/mol. The van der Waals surface area contributed by atoms with Crippen LogP contribution in [0.4, 0.5) is 5.69 Å². The second-order valence-corrected chi connectivity index (χ2v) is 5.03. The van der Waals surface area contributed by atoms with Gasteiger partial charge in [0.15, 0.2) is 0 Å². The van der Waals surface area contributed by atoms with Gasteiger partial charge in [0, 0.05) is 18.4 Å². The third-order valence-electron chi connectivity index (χ3n) is 3.33. The van der Waals surface area contributed by atoms with Gasteiger partial charge in [0.1, 0.15) is 0 Å². The number of imidazole rings is 1. The van der Waals surface area contributed by atoms with Crippen molar-refractivity contribution in [3.05, 3.63) is 43.0 Å². The van der Waals surface area contributed by atoms with Crippen molar-refractivity contribution < 1.29 is 0 Å². The molecule has 2 rings (SSSR count). The molecule has 0 spiro atoms. The van der Waals surface area contributed by atoms with Crippen molar-refractivity contribution in [2.45, 2.75) is 45.6 Å². The van der Waals surface area contributed by atoms with Crippen LogP contribution in [0, 0.1) is 0 Å². The molecule has 1 aromatic heterocycles. The van der Waals surface area contributed by atoms with Crippen LogP contribution >= 0.6 is 0 Å². The van der Waals surface area contributed by atoms with Crippen LogP contribution in [0.15, 0.2) is 43.0 Å². The van der Waals surface area contributed by atoms with E-state index in [-0.39, 0.29) is 0 Å². The molecule has 102 valence electrons. The number of rotatable bonds is 7. The number of hydrogen-bond acceptors (Lipinski definition) is 2. The predicted octanol–water partition coefficient (Wildman–Crippen LogP) is 4.25. The molecule has 0 amide bonds. The molecule has 0 bridgehead atoms.